The molecule has 0 fully saturated rings. The molecule has 1 atom stereocenters. The van der Waals surface area contributed by atoms with Crippen molar-refractivity contribution in [3.63, 3.8) is 0 Å². The Bertz CT molecular complexity index is 1290. The minimum Gasteiger partial charge on any atom is -0.497 e. The minimum atomic E-state index is -3.67. The third kappa shape index (κ3) is 5.03. The van der Waals surface area contributed by atoms with Gasteiger partial charge < -0.3 is 14.2 Å². The number of ether oxygens (including phenoxy) is 3. The lowest BCUT2D eigenvalue weighted by Gasteiger charge is -2.17. The van der Waals surface area contributed by atoms with Crippen molar-refractivity contribution in [1.29, 1.82) is 0 Å². The third-order valence-corrected chi connectivity index (χ3v) is 7.78. The van der Waals surface area contributed by atoms with Gasteiger partial charge in [0.15, 0.2) is 11.0 Å². The Morgan fingerprint density at radius 2 is 1.79 bits per heavy atom. The molecule has 0 aliphatic rings. The van der Waals surface area contributed by atoms with E-state index in [-0.39, 0.29) is 4.90 Å². The molecular weight excluding hydrogens is 480 g/mol. The molecule has 1 heterocycles. The highest BCUT2D eigenvalue weighted by atomic mass is 32.2. The maximum Gasteiger partial charge on any atom is 0.318 e. The van der Waals surface area contributed by atoms with Gasteiger partial charge in [-0.05, 0) is 31.2 Å². The summed E-state index contributed by atoms with van der Waals surface area (Å²) in [5.74, 6) is 1.02. The van der Waals surface area contributed by atoms with Gasteiger partial charge >= 0.3 is 5.97 Å². The Kier molecular flexibility index (Phi) is 7.85. The van der Waals surface area contributed by atoms with E-state index in [9.17, 15) is 13.2 Å². The lowest BCUT2D eigenvalue weighted by Crippen LogP contribution is -2.22. The Balaban J connectivity index is 2.26. The second-order valence-corrected chi connectivity index (χ2v) is 10.7. The Morgan fingerprint density at radius 3 is 2.41 bits per heavy atom. The van der Waals surface area contributed by atoms with Crippen LogP contribution in [0.4, 0.5) is 0 Å². The summed E-state index contributed by atoms with van der Waals surface area (Å²) in [6.07, 6.45) is 0. The number of rotatable bonds is 9. The van der Waals surface area contributed by atoms with E-state index in [1.165, 1.54) is 40.4 Å². The SMILES string of the molecule is COC(=O)C(C)Sc1nnc(-c2cccc(S(=O)(=O)N(C)C)c2)n1-c1cc(OC)ccc1OC. The molecule has 3 aromatic rings. The highest BCUT2D eigenvalue weighted by Gasteiger charge is 2.25. The molecule has 0 radical (unpaired) electrons. The van der Waals surface area contributed by atoms with Gasteiger partial charge in [0.25, 0.3) is 0 Å². The van der Waals surface area contributed by atoms with Crippen LogP contribution in [0.15, 0.2) is 52.5 Å². The van der Waals surface area contributed by atoms with Crippen molar-refractivity contribution >= 4 is 27.8 Å². The van der Waals surface area contributed by atoms with Gasteiger partial charge in [-0.25, -0.2) is 12.7 Å². The van der Waals surface area contributed by atoms with Crippen molar-refractivity contribution in [1.82, 2.24) is 19.1 Å². The molecule has 1 unspecified atom stereocenters. The first kappa shape index (κ1) is 25.5. The average molecular weight is 507 g/mol. The van der Waals surface area contributed by atoms with Crippen LogP contribution in [0.25, 0.3) is 17.1 Å². The van der Waals surface area contributed by atoms with E-state index in [1.807, 2.05) is 0 Å². The number of thioether (sulfide) groups is 1. The van der Waals surface area contributed by atoms with Gasteiger partial charge in [-0.1, -0.05) is 23.9 Å². The predicted molar refractivity (Wildman–Crippen MR) is 128 cm³/mol. The summed E-state index contributed by atoms with van der Waals surface area (Å²) in [4.78, 5) is 12.2. The van der Waals surface area contributed by atoms with Crippen LogP contribution < -0.4 is 9.47 Å². The Morgan fingerprint density at radius 1 is 1.06 bits per heavy atom. The molecule has 0 bridgehead atoms. The topological polar surface area (TPSA) is 113 Å². The van der Waals surface area contributed by atoms with Crippen LogP contribution in [0.1, 0.15) is 6.92 Å². The summed E-state index contributed by atoms with van der Waals surface area (Å²) < 4.78 is 44.0. The molecule has 0 aliphatic carbocycles. The Labute approximate surface area is 202 Å². The van der Waals surface area contributed by atoms with Gasteiger partial charge in [-0.3, -0.25) is 9.36 Å². The number of esters is 1. The fourth-order valence-corrected chi connectivity index (χ4v) is 4.94. The maximum absolute atomic E-state index is 12.7. The summed E-state index contributed by atoms with van der Waals surface area (Å²) >= 11 is 1.15. The van der Waals surface area contributed by atoms with E-state index in [0.29, 0.717) is 33.7 Å². The second-order valence-electron chi connectivity index (χ2n) is 7.28. The molecule has 0 saturated carbocycles. The molecule has 2 aromatic carbocycles. The number of carbonyl (C=O) groups is 1. The quantitative estimate of drug-likeness (QED) is 0.319. The molecule has 34 heavy (non-hydrogen) atoms. The molecule has 0 aliphatic heterocycles. The van der Waals surface area contributed by atoms with Crippen LogP contribution in [0.2, 0.25) is 0 Å². The number of carbonyl (C=O) groups excluding carboxylic acids is 1. The zero-order chi connectivity index (χ0) is 25.0. The highest BCUT2D eigenvalue weighted by Crippen LogP contribution is 2.36. The number of hydrogen-bond donors (Lipinski definition) is 0. The predicted octanol–water partition coefficient (Wildman–Crippen LogP) is 2.86. The lowest BCUT2D eigenvalue weighted by molar-refractivity contribution is -0.139. The van der Waals surface area contributed by atoms with Gasteiger partial charge in [0, 0.05) is 25.7 Å². The van der Waals surface area contributed by atoms with Crippen LogP contribution in [-0.2, 0) is 19.6 Å². The van der Waals surface area contributed by atoms with Crippen molar-refractivity contribution in [2.24, 2.45) is 0 Å². The van der Waals surface area contributed by atoms with Crippen molar-refractivity contribution in [3.8, 4) is 28.6 Å². The van der Waals surface area contributed by atoms with Crippen LogP contribution in [0.5, 0.6) is 11.5 Å². The number of benzene rings is 2. The van der Waals surface area contributed by atoms with Crippen molar-refractivity contribution in [3.05, 3.63) is 42.5 Å². The first-order valence-corrected chi connectivity index (χ1v) is 12.4. The molecule has 182 valence electrons. The summed E-state index contributed by atoms with van der Waals surface area (Å²) in [5, 5.41) is 8.45. The Hall–Kier alpha value is -3.09. The molecule has 3 rings (SSSR count). The van der Waals surface area contributed by atoms with E-state index in [2.05, 4.69) is 10.2 Å². The number of sulfonamides is 1. The largest absolute Gasteiger partial charge is 0.497 e. The van der Waals surface area contributed by atoms with Gasteiger partial charge in [-0.2, -0.15) is 0 Å². The van der Waals surface area contributed by atoms with Crippen molar-refractivity contribution in [2.45, 2.75) is 22.2 Å². The van der Waals surface area contributed by atoms with E-state index in [4.69, 9.17) is 14.2 Å². The fraction of sp³-hybridized carbons (Fsp3) is 0.318. The first-order valence-electron chi connectivity index (χ1n) is 10.1. The normalized spacial score (nSPS) is 12.4. The molecule has 0 saturated heterocycles. The van der Waals surface area contributed by atoms with E-state index in [0.717, 1.165) is 16.1 Å². The standard InChI is InChI=1S/C22H26N4O6S2/c1-14(21(27)32-6)33-22-24-23-20(15-8-7-9-17(12-15)34(28,29)25(2)3)26(22)18-13-16(30-4)10-11-19(18)31-5/h7-14H,1-6H3. The lowest BCUT2D eigenvalue weighted by atomic mass is 10.2. The maximum atomic E-state index is 12.7. The monoisotopic (exact) mass is 506 g/mol. The second kappa shape index (κ2) is 10.5. The number of methoxy groups -OCH3 is 3. The van der Waals surface area contributed by atoms with Crippen LogP contribution in [0.3, 0.4) is 0 Å². The van der Waals surface area contributed by atoms with Gasteiger partial charge in [0.1, 0.15) is 16.7 Å². The third-order valence-electron chi connectivity index (χ3n) is 4.95. The van der Waals surface area contributed by atoms with E-state index < -0.39 is 21.2 Å². The molecule has 12 heteroatoms. The summed E-state index contributed by atoms with van der Waals surface area (Å²) in [6, 6.07) is 11.7. The zero-order valence-electron chi connectivity index (χ0n) is 19.7. The van der Waals surface area contributed by atoms with Crippen molar-refractivity contribution in [2.75, 3.05) is 35.4 Å². The number of aromatic nitrogens is 3. The highest BCUT2D eigenvalue weighted by molar-refractivity contribution is 8.00. The minimum absolute atomic E-state index is 0.110. The zero-order valence-corrected chi connectivity index (χ0v) is 21.3. The summed E-state index contributed by atoms with van der Waals surface area (Å²) in [6.45, 7) is 1.70. The van der Waals surface area contributed by atoms with Crippen LogP contribution in [-0.4, -0.2) is 74.1 Å². The number of nitrogens with zero attached hydrogens (tertiary/aromatic N) is 4. The summed E-state index contributed by atoms with van der Waals surface area (Å²) in [5.41, 5.74) is 1.07. The molecular formula is C22H26N4O6S2. The van der Waals surface area contributed by atoms with Crippen molar-refractivity contribution < 1.29 is 27.4 Å². The molecule has 1 aromatic heterocycles. The van der Waals surface area contributed by atoms with Gasteiger partial charge in [0.2, 0.25) is 10.0 Å². The van der Waals surface area contributed by atoms with Gasteiger partial charge in [0.05, 0.1) is 31.9 Å². The molecule has 0 spiro atoms. The van der Waals surface area contributed by atoms with Crippen LogP contribution in [0, 0.1) is 0 Å². The molecule has 0 N–H and O–H groups in total. The van der Waals surface area contributed by atoms with Gasteiger partial charge in [-0.15, -0.1) is 10.2 Å². The molecule has 0 amide bonds. The van der Waals surface area contributed by atoms with E-state index in [1.54, 1.807) is 48.9 Å². The fourth-order valence-electron chi connectivity index (χ4n) is 3.10. The van der Waals surface area contributed by atoms with E-state index >= 15 is 0 Å². The smallest absolute Gasteiger partial charge is 0.318 e. The van der Waals surface area contributed by atoms with Crippen LogP contribution >= 0.6 is 11.8 Å². The average Bonchev–Trinajstić information content (AvgIpc) is 3.26. The first-order chi connectivity index (χ1) is 16.1. The molecule has 10 nitrogen and oxygen atoms in total. The summed E-state index contributed by atoms with van der Waals surface area (Å²) in [7, 11) is 3.66. The number of hydrogen-bond acceptors (Lipinski definition) is 9.